The van der Waals surface area contributed by atoms with E-state index in [1.54, 1.807) is 26.0 Å². The average molecular weight is 279 g/mol. The highest BCUT2D eigenvalue weighted by atomic mass is 16.5. The minimum absolute atomic E-state index is 0.119. The van der Waals surface area contributed by atoms with Gasteiger partial charge < -0.3 is 15.2 Å². The molecule has 1 aromatic rings. The van der Waals surface area contributed by atoms with Gasteiger partial charge >= 0.3 is 0 Å². The number of para-hydroxylation sites is 1. The zero-order valence-electron chi connectivity index (χ0n) is 12.7. The lowest BCUT2D eigenvalue weighted by atomic mass is 9.88. The number of carbonyl (C=O) groups is 1. The van der Waals surface area contributed by atoms with E-state index in [0.29, 0.717) is 5.75 Å². The van der Waals surface area contributed by atoms with Gasteiger partial charge in [0.2, 0.25) is 0 Å². The van der Waals surface area contributed by atoms with E-state index in [4.69, 9.17) is 4.74 Å². The van der Waals surface area contributed by atoms with Crippen molar-refractivity contribution >= 4 is 5.91 Å². The molecule has 0 aliphatic rings. The number of ether oxygens (including phenoxy) is 1. The first-order valence-corrected chi connectivity index (χ1v) is 7.08. The zero-order chi connectivity index (χ0) is 15.2. The van der Waals surface area contributed by atoms with Gasteiger partial charge in [0, 0.05) is 6.54 Å². The highest BCUT2D eigenvalue weighted by Crippen LogP contribution is 2.19. The molecule has 1 aromatic carbocycles. The molecular weight excluding hydrogens is 254 g/mol. The van der Waals surface area contributed by atoms with Gasteiger partial charge in [0.05, 0.1) is 5.60 Å². The molecule has 0 fully saturated rings. The molecule has 0 aromatic heterocycles. The van der Waals surface area contributed by atoms with Crippen molar-refractivity contribution in [2.24, 2.45) is 5.92 Å². The number of amides is 1. The SMILES string of the molecule is CCC(C)C(C)(O)CNC(=O)C(C)Oc1ccccc1. The Labute approximate surface area is 121 Å². The van der Waals surface area contributed by atoms with Gasteiger partial charge in [-0.3, -0.25) is 4.79 Å². The molecule has 0 saturated carbocycles. The summed E-state index contributed by atoms with van der Waals surface area (Å²) in [4.78, 5) is 12.0. The van der Waals surface area contributed by atoms with Crippen molar-refractivity contribution in [2.45, 2.75) is 45.8 Å². The number of carbonyl (C=O) groups excluding carboxylic acids is 1. The monoisotopic (exact) mass is 279 g/mol. The van der Waals surface area contributed by atoms with Crippen LogP contribution in [0.25, 0.3) is 0 Å². The van der Waals surface area contributed by atoms with Crippen molar-refractivity contribution in [3.05, 3.63) is 30.3 Å². The third kappa shape index (κ3) is 4.85. The third-order valence-corrected chi connectivity index (χ3v) is 3.72. The lowest BCUT2D eigenvalue weighted by Gasteiger charge is -2.30. The maximum atomic E-state index is 12.0. The van der Waals surface area contributed by atoms with Crippen LogP contribution in [0.2, 0.25) is 0 Å². The van der Waals surface area contributed by atoms with E-state index in [0.717, 1.165) is 6.42 Å². The Morgan fingerprint density at radius 3 is 2.50 bits per heavy atom. The Hall–Kier alpha value is -1.55. The van der Waals surface area contributed by atoms with Crippen LogP contribution in [-0.2, 0) is 4.79 Å². The number of aliphatic hydroxyl groups is 1. The Morgan fingerprint density at radius 2 is 1.95 bits per heavy atom. The van der Waals surface area contributed by atoms with Gasteiger partial charge in [0.1, 0.15) is 5.75 Å². The molecule has 1 amide bonds. The van der Waals surface area contributed by atoms with Gasteiger partial charge in [0.25, 0.3) is 5.91 Å². The molecule has 0 aliphatic carbocycles. The second kappa shape index (κ2) is 7.29. The summed E-state index contributed by atoms with van der Waals surface area (Å²) in [5.74, 6) is 0.550. The summed E-state index contributed by atoms with van der Waals surface area (Å²) in [6.45, 7) is 7.64. The summed E-state index contributed by atoms with van der Waals surface area (Å²) in [7, 11) is 0. The first kappa shape index (κ1) is 16.5. The number of hydrogen-bond acceptors (Lipinski definition) is 3. The van der Waals surface area contributed by atoms with Gasteiger partial charge in [0.15, 0.2) is 6.10 Å². The van der Waals surface area contributed by atoms with Crippen molar-refractivity contribution in [2.75, 3.05) is 6.54 Å². The average Bonchev–Trinajstić information content (AvgIpc) is 2.44. The second-order valence-electron chi connectivity index (χ2n) is 5.46. The lowest BCUT2D eigenvalue weighted by molar-refractivity contribution is -0.128. The van der Waals surface area contributed by atoms with E-state index in [2.05, 4.69) is 5.32 Å². The fraction of sp³-hybridized carbons (Fsp3) is 0.562. The van der Waals surface area contributed by atoms with Gasteiger partial charge in [-0.25, -0.2) is 0 Å². The van der Waals surface area contributed by atoms with Crippen LogP contribution in [0.4, 0.5) is 0 Å². The molecule has 112 valence electrons. The summed E-state index contributed by atoms with van der Waals surface area (Å²) < 4.78 is 5.53. The van der Waals surface area contributed by atoms with Crippen LogP contribution in [0.1, 0.15) is 34.1 Å². The standard InChI is InChI=1S/C16H25NO3/c1-5-12(2)16(4,19)11-17-15(18)13(3)20-14-9-7-6-8-10-14/h6-10,12-13,19H,5,11H2,1-4H3,(H,17,18). The van der Waals surface area contributed by atoms with E-state index < -0.39 is 11.7 Å². The molecule has 0 radical (unpaired) electrons. The molecule has 3 unspecified atom stereocenters. The molecule has 3 atom stereocenters. The minimum atomic E-state index is -0.906. The molecular formula is C16H25NO3. The number of rotatable bonds is 7. The van der Waals surface area contributed by atoms with Gasteiger partial charge in [-0.05, 0) is 31.9 Å². The maximum absolute atomic E-state index is 12.0. The van der Waals surface area contributed by atoms with Crippen LogP contribution < -0.4 is 10.1 Å². The molecule has 0 heterocycles. The summed E-state index contributed by atoms with van der Waals surface area (Å²) in [5, 5.41) is 13.0. The Morgan fingerprint density at radius 1 is 1.35 bits per heavy atom. The fourth-order valence-corrected chi connectivity index (χ4v) is 1.78. The number of nitrogens with one attached hydrogen (secondary N) is 1. The van der Waals surface area contributed by atoms with E-state index in [9.17, 15) is 9.90 Å². The van der Waals surface area contributed by atoms with Crippen LogP contribution >= 0.6 is 0 Å². The van der Waals surface area contributed by atoms with E-state index in [1.165, 1.54) is 0 Å². The quantitative estimate of drug-likeness (QED) is 0.805. The largest absolute Gasteiger partial charge is 0.481 e. The second-order valence-corrected chi connectivity index (χ2v) is 5.46. The van der Waals surface area contributed by atoms with Crippen molar-refractivity contribution in [1.29, 1.82) is 0 Å². The van der Waals surface area contributed by atoms with Crippen LogP contribution in [0, 0.1) is 5.92 Å². The summed E-state index contributed by atoms with van der Waals surface area (Å²) in [6, 6.07) is 9.21. The van der Waals surface area contributed by atoms with Gasteiger partial charge in [-0.2, -0.15) is 0 Å². The molecule has 20 heavy (non-hydrogen) atoms. The zero-order valence-corrected chi connectivity index (χ0v) is 12.7. The number of benzene rings is 1. The molecule has 0 saturated heterocycles. The van der Waals surface area contributed by atoms with Gasteiger partial charge in [-0.15, -0.1) is 0 Å². The predicted octanol–water partition coefficient (Wildman–Crippen LogP) is 2.37. The fourth-order valence-electron chi connectivity index (χ4n) is 1.78. The summed E-state index contributed by atoms with van der Waals surface area (Å²) >= 11 is 0. The number of hydrogen-bond donors (Lipinski definition) is 2. The lowest BCUT2D eigenvalue weighted by Crippen LogP contribution is -2.48. The van der Waals surface area contributed by atoms with Crippen LogP contribution in [0.3, 0.4) is 0 Å². The highest BCUT2D eigenvalue weighted by Gasteiger charge is 2.28. The molecule has 4 nitrogen and oxygen atoms in total. The molecule has 1 rings (SSSR count). The van der Waals surface area contributed by atoms with Gasteiger partial charge in [-0.1, -0.05) is 38.5 Å². The molecule has 0 aliphatic heterocycles. The van der Waals surface area contributed by atoms with Crippen molar-refractivity contribution in [1.82, 2.24) is 5.32 Å². The maximum Gasteiger partial charge on any atom is 0.260 e. The van der Waals surface area contributed by atoms with E-state index in [1.807, 2.05) is 32.0 Å². The first-order chi connectivity index (χ1) is 9.36. The highest BCUT2D eigenvalue weighted by molar-refractivity contribution is 5.80. The summed E-state index contributed by atoms with van der Waals surface area (Å²) in [6.07, 6.45) is 0.268. The molecule has 0 bridgehead atoms. The Balaban J connectivity index is 2.46. The molecule has 2 N–H and O–H groups in total. The Bertz CT molecular complexity index is 417. The van der Waals surface area contributed by atoms with E-state index in [-0.39, 0.29) is 18.4 Å². The predicted molar refractivity (Wildman–Crippen MR) is 79.6 cm³/mol. The van der Waals surface area contributed by atoms with Crippen LogP contribution in [-0.4, -0.2) is 29.3 Å². The topological polar surface area (TPSA) is 58.6 Å². The smallest absolute Gasteiger partial charge is 0.260 e. The van der Waals surface area contributed by atoms with E-state index >= 15 is 0 Å². The summed E-state index contributed by atoms with van der Waals surface area (Å²) in [5.41, 5.74) is -0.906. The van der Waals surface area contributed by atoms with Crippen LogP contribution in [0.5, 0.6) is 5.75 Å². The van der Waals surface area contributed by atoms with Crippen LogP contribution in [0.15, 0.2) is 30.3 Å². The molecule has 4 heteroatoms. The first-order valence-electron chi connectivity index (χ1n) is 7.08. The normalized spacial score (nSPS) is 16.9. The Kier molecular flexibility index (Phi) is 6.02. The molecule has 0 spiro atoms. The van der Waals surface area contributed by atoms with Crippen molar-refractivity contribution < 1.29 is 14.6 Å². The van der Waals surface area contributed by atoms with Crippen molar-refractivity contribution in [3.63, 3.8) is 0 Å². The minimum Gasteiger partial charge on any atom is -0.481 e. The van der Waals surface area contributed by atoms with Crippen molar-refractivity contribution in [3.8, 4) is 5.75 Å². The third-order valence-electron chi connectivity index (χ3n) is 3.72.